The van der Waals surface area contributed by atoms with Crippen LogP contribution in [0.1, 0.15) is 37.9 Å². The molecule has 0 radical (unpaired) electrons. The Hall–Kier alpha value is -4.48. The molecule has 180 valence electrons. The van der Waals surface area contributed by atoms with Gasteiger partial charge < -0.3 is 10.3 Å². The fraction of sp³-hybridized carbons (Fsp3) is 0.143. The Morgan fingerprint density at radius 1 is 0.865 bits per heavy atom. The fourth-order valence-corrected chi connectivity index (χ4v) is 5.56. The predicted octanol–water partition coefficient (Wildman–Crippen LogP) is 8.20. The van der Waals surface area contributed by atoms with Gasteiger partial charge in [-0.05, 0) is 61.3 Å². The number of benzene rings is 3. The van der Waals surface area contributed by atoms with Crippen LogP contribution in [0.25, 0.3) is 33.0 Å². The minimum atomic E-state index is 0.0389. The van der Waals surface area contributed by atoms with Gasteiger partial charge >= 0.3 is 0 Å². The average Bonchev–Trinajstić information content (AvgIpc) is 3.40. The SMILES string of the molecule is C=C1/C=C2/c3cccc4c5ccccc5n(c34)C2/C=C(/C)C(C)C#C/C(c2ccccc2)=C(C)\C=C\1N. The number of hydrogen-bond donors (Lipinski definition) is 1. The van der Waals surface area contributed by atoms with Crippen LogP contribution in [0.4, 0.5) is 0 Å². The van der Waals surface area contributed by atoms with Crippen LogP contribution in [0.5, 0.6) is 0 Å². The highest BCUT2D eigenvalue weighted by atomic mass is 15.0. The number of nitrogens with zero attached hydrogens (tertiary/aromatic N) is 1. The molecule has 0 saturated heterocycles. The van der Waals surface area contributed by atoms with Crippen molar-refractivity contribution in [2.45, 2.75) is 26.8 Å². The van der Waals surface area contributed by atoms with Gasteiger partial charge in [0.2, 0.25) is 0 Å². The number of aromatic nitrogens is 1. The maximum atomic E-state index is 6.65. The molecule has 2 atom stereocenters. The summed E-state index contributed by atoms with van der Waals surface area (Å²) in [7, 11) is 0. The zero-order valence-electron chi connectivity index (χ0n) is 21.5. The first-order valence-corrected chi connectivity index (χ1v) is 12.8. The third kappa shape index (κ3) is 3.76. The first kappa shape index (κ1) is 23.0. The lowest BCUT2D eigenvalue weighted by atomic mass is 9.93. The van der Waals surface area contributed by atoms with Crippen LogP contribution in [0.3, 0.4) is 0 Å². The van der Waals surface area contributed by atoms with Crippen molar-refractivity contribution in [3.63, 3.8) is 0 Å². The summed E-state index contributed by atoms with van der Waals surface area (Å²) in [6.07, 6.45) is 6.57. The van der Waals surface area contributed by atoms with Gasteiger partial charge in [0.15, 0.2) is 0 Å². The summed E-state index contributed by atoms with van der Waals surface area (Å²) in [6.45, 7) is 10.9. The fourth-order valence-electron chi connectivity index (χ4n) is 5.56. The number of rotatable bonds is 1. The minimum absolute atomic E-state index is 0.0389. The van der Waals surface area contributed by atoms with Crippen molar-refractivity contribution in [1.29, 1.82) is 0 Å². The van der Waals surface area contributed by atoms with E-state index in [9.17, 15) is 0 Å². The Labute approximate surface area is 218 Å². The van der Waals surface area contributed by atoms with Crippen molar-refractivity contribution >= 4 is 33.0 Å². The quantitative estimate of drug-likeness (QED) is 0.217. The maximum absolute atomic E-state index is 6.65. The number of fused-ring (bicyclic) bond motifs is 6. The Bertz CT molecular complexity index is 1770. The van der Waals surface area contributed by atoms with Gasteiger partial charge in [-0.1, -0.05) is 96.8 Å². The zero-order valence-corrected chi connectivity index (χ0v) is 21.5. The van der Waals surface area contributed by atoms with Crippen LogP contribution in [0.15, 0.2) is 120 Å². The molecule has 1 aliphatic heterocycles. The second-order valence-corrected chi connectivity index (χ2v) is 10.1. The molecule has 6 rings (SSSR count). The highest BCUT2D eigenvalue weighted by molar-refractivity contribution is 6.14. The zero-order chi connectivity index (χ0) is 25.7. The van der Waals surface area contributed by atoms with E-state index >= 15 is 0 Å². The molecule has 2 unspecified atom stereocenters. The lowest BCUT2D eigenvalue weighted by molar-refractivity contribution is 0.790. The molecular formula is C35H30N2. The van der Waals surface area contributed by atoms with Crippen molar-refractivity contribution < 1.29 is 0 Å². The number of para-hydroxylation sites is 2. The summed E-state index contributed by atoms with van der Waals surface area (Å²) >= 11 is 0. The summed E-state index contributed by atoms with van der Waals surface area (Å²) in [5.74, 6) is 7.13. The Morgan fingerprint density at radius 3 is 2.41 bits per heavy atom. The van der Waals surface area contributed by atoms with E-state index in [0.717, 1.165) is 22.3 Å². The standard InChI is InChI=1S/C35H30N2/c1-22-17-18-27(26-11-6-5-7-12-26)24(3)20-32(36)25(4)19-31-30-15-10-14-29-28-13-8-9-16-33(28)37(35(29)30)34(31)21-23(22)2/h5-16,19-22,34H,4,36H2,1-3H3/b23-21-,27-24+,31-19-,32-20-. The first-order chi connectivity index (χ1) is 17.9. The van der Waals surface area contributed by atoms with E-state index in [4.69, 9.17) is 5.73 Å². The molecular weight excluding hydrogens is 448 g/mol. The summed E-state index contributed by atoms with van der Waals surface area (Å²) < 4.78 is 2.47. The Morgan fingerprint density at radius 2 is 1.59 bits per heavy atom. The van der Waals surface area contributed by atoms with Crippen LogP contribution in [0, 0.1) is 17.8 Å². The molecule has 1 aromatic heterocycles. The van der Waals surface area contributed by atoms with Gasteiger partial charge in [-0.3, -0.25) is 0 Å². The Balaban J connectivity index is 1.61. The molecule has 4 aromatic rings. The average molecular weight is 479 g/mol. The molecule has 2 aliphatic rings. The molecule has 2 heteroatoms. The molecule has 3 aromatic carbocycles. The van der Waals surface area contributed by atoms with Crippen molar-refractivity contribution in [3.8, 4) is 11.8 Å². The van der Waals surface area contributed by atoms with Gasteiger partial charge in [-0.15, -0.1) is 0 Å². The second-order valence-electron chi connectivity index (χ2n) is 10.1. The molecule has 2 nitrogen and oxygen atoms in total. The van der Waals surface area contributed by atoms with Gasteiger partial charge in [-0.25, -0.2) is 0 Å². The van der Waals surface area contributed by atoms with Gasteiger partial charge in [0.25, 0.3) is 0 Å². The second kappa shape index (κ2) is 8.87. The van der Waals surface area contributed by atoms with E-state index < -0.39 is 0 Å². The van der Waals surface area contributed by atoms with Crippen molar-refractivity contribution in [1.82, 2.24) is 4.57 Å². The van der Waals surface area contributed by atoms with E-state index in [1.54, 1.807) is 0 Å². The number of allylic oxidation sites excluding steroid dienone is 7. The van der Waals surface area contributed by atoms with Gasteiger partial charge in [0.05, 0.1) is 11.6 Å². The summed E-state index contributed by atoms with van der Waals surface area (Å²) in [5, 5.41) is 2.56. The van der Waals surface area contributed by atoms with E-state index in [-0.39, 0.29) is 12.0 Å². The van der Waals surface area contributed by atoms with Crippen LogP contribution < -0.4 is 5.73 Å². The molecule has 0 saturated carbocycles. The van der Waals surface area contributed by atoms with Gasteiger partial charge in [0.1, 0.15) is 0 Å². The van der Waals surface area contributed by atoms with Crippen LogP contribution in [-0.2, 0) is 0 Å². The lowest BCUT2D eigenvalue weighted by Gasteiger charge is -2.17. The monoisotopic (exact) mass is 478 g/mol. The molecule has 1 aliphatic carbocycles. The normalized spacial score (nSPS) is 25.9. The molecule has 2 N–H and O–H groups in total. The first-order valence-electron chi connectivity index (χ1n) is 12.8. The van der Waals surface area contributed by atoms with Crippen LogP contribution in [-0.4, -0.2) is 4.57 Å². The molecule has 0 amide bonds. The van der Waals surface area contributed by atoms with E-state index in [2.05, 4.69) is 111 Å². The van der Waals surface area contributed by atoms with E-state index in [1.165, 1.54) is 38.5 Å². The molecule has 0 spiro atoms. The van der Waals surface area contributed by atoms with Crippen LogP contribution >= 0.6 is 0 Å². The molecule has 2 heterocycles. The van der Waals surface area contributed by atoms with E-state index in [1.807, 2.05) is 24.3 Å². The molecule has 0 bridgehead atoms. The smallest absolute Gasteiger partial charge is 0.0785 e. The summed E-state index contributed by atoms with van der Waals surface area (Å²) in [4.78, 5) is 0. The largest absolute Gasteiger partial charge is 0.398 e. The summed E-state index contributed by atoms with van der Waals surface area (Å²) in [6, 6.07) is 25.6. The lowest BCUT2D eigenvalue weighted by Crippen LogP contribution is -2.06. The third-order valence-corrected chi connectivity index (χ3v) is 7.69. The van der Waals surface area contributed by atoms with Crippen LogP contribution in [0.2, 0.25) is 0 Å². The van der Waals surface area contributed by atoms with E-state index in [0.29, 0.717) is 5.70 Å². The summed E-state index contributed by atoms with van der Waals surface area (Å²) in [5.41, 5.74) is 17.4. The molecule has 0 fully saturated rings. The minimum Gasteiger partial charge on any atom is -0.398 e. The van der Waals surface area contributed by atoms with Gasteiger partial charge in [-0.2, -0.15) is 0 Å². The molecule has 37 heavy (non-hydrogen) atoms. The third-order valence-electron chi connectivity index (χ3n) is 7.69. The van der Waals surface area contributed by atoms with Crippen molar-refractivity contribution in [2.75, 3.05) is 0 Å². The van der Waals surface area contributed by atoms with Crippen molar-refractivity contribution in [3.05, 3.63) is 131 Å². The van der Waals surface area contributed by atoms with Gasteiger partial charge in [0, 0.05) is 39.0 Å². The number of nitrogens with two attached hydrogens (primary N) is 1. The highest BCUT2D eigenvalue weighted by Gasteiger charge is 2.31. The maximum Gasteiger partial charge on any atom is 0.0785 e. The topological polar surface area (TPSA) is 30.9 Å². The van der Waals surface area contributed by atoms with Crippen molar-refractivity contribution in [2.24, 2.45) is 11.7 Å². The highest BCUT2D eigenvalue weighted by Crippen LogP contribution is 2.48. The Kier molecular flexibility index (Phi) is 5.50. The predicted molar refractivity (Wildman–Crippen MR) is 158 cm³/mol. The number of hydrogen-bond acceptors (Lipinski definition) is 1.